The van der Waals surface area contributed by atoms with Crippen molar-refractivity contribution in [3.63, 3.8) is 0 Å². The van der Waals surface area contributed by atoms with Gasteiger partial charge in [0.1, 0.15) is 17.2 Å². The van der Waals surface area contributed by atoms with Gasteiger partial charge in [-0.25, -0.2) is 4.39 Å². The maximum Gasteiger partial charge on any atom is 0.255 e. The number of nitrogens with one attached hydrogen (secondary N) is 2. The fourth-order valence-corrected chi connectivity index (χ4v) is 3.00. The van der Waals surface area contributed by atoms with Crippen molar-refractivity contribution >= 4 is 28.5 Å². The molecule has 0 aliphatic carbocycles. The molecule has 0 bridgehead atoms. The fraction of sp³-hybridized carbons (Fsp3) is 0.158. The van der Waals surface area contributed by atoms with Crippen LogP contribution in [0.2, 0.25) is 5.02 Å². The van der Waals surface area contributed by atoms with Crippen molar-refractivity contribution in [1.29, 1.82) is 0 Å². The normalized spacial score (nSPS) is 11.7. The van der Waals surface area contributed by atoms with E-state index in [1.807, 2.05) is 0 Å². The van der Waals surface area contributed by atoms with E-state index in [4.69, 9.17) is 16.0 Å². The third kappa shape index (κ3) is 3.34. The number of tetrazole rings is 1. The van der Waals surface area contributed by atoms with Crippen molar-refractivity contribution < 1.29 is 13.6 Å². The molecule has 0 spiro atoms. The summed E-state index contributed by atoms with van der Waals surface area (Å²) in [4.78, 5) is 12.9. The summed E-state index contributed by atoms with van der Waals surface area (Å²) in [6, 6.07) is 11.2. The van der Waals surface area contributed by atoms with Gasteiger partial charge in [-0.05, 0) is 56.3 Å². The number of aromatic nitrogens is 4. The number of hydrogen-bond acceptors (Lipinski definition) is 5. The average molecular weight is 400 g/mol. The number of halogens is 2. The lowest BCUT2D eigenvalue weighted by Gasteiger charge is -2.22. The highest BCUT2D eigenvalue weighted by Crippen LogP contribution is 2.32. The van der Waals surface area contributed by atoms with Gasteiger partial charge in [-0.15, -0.1) is 10.2 Å². The van der Waals surface area contributed by atoms with E-state index >= 15 is 0 Å². The van der Waals surface area contributed by atoms with Crippen molar-refractivity contribution in [1.82, 2.24) is 25.9 Å². The van der Waals surface area contributed by atoms with Crippen LogP contribution in [-0.2, 0) is 5.54 Å². The summed E-state index contributed by atoms with van der Waals surface area (Å²) in [7, 11) is 0. The van der Waals surface area contributed by atoms with E-state index in [1.54, 1.807) is 44.2 Å². The molecule has 0 aliphatic heterocycles. The first kappa shape index (κ1) is 18.1. The van der Waals surface area contributed by atoms with Crippen LogP contribution in [0.25, 0.3) is 22.3 Å². The number of furan rings is 1. The summed E-state index contributed by atoms with van der Waals surface area (Å²) in [5.41, 5.74) is 0.202. The van der Waals surface area contributed by atoms with Crippen LogP contribution in [-0.4, -0.2) is 26.5 Å². The molecule has 0 saturated carbocycles. The zero-order valence-electron chi connectivity index (χ0n) is 15.0. The zero-order chi connectivity index (χ0) is 19.9. The van der Waals surface area contributed by atoms with Crippen molar-refractivity contribution in [2.45, 2.75) is 19.4 Å². The van der Waals surface area contributed by atoms with Crippen LogP contribution in [0.1, 0.15) is 30.0 Å². The molecular weight excluding hydrogens is 385 g/mol. The van der Waals surface area contributed by atoms with Crippen molar-refractivity contribution in [3.05, 3.63) is 64.7 Å². The molecule has 1 amide bonds. The van der Waals surface area contributed by atoms with E-state index < -0.39 is 17.3 Å². The Morgan fingerprint density at radius 2 is 1.96 bits per heavy atom. The highest BCUT2D eigenvalue weighted by atomic mass is 35.5. The molecule has 2 N–H and O–H groups in total. The van der Waals surface area contributed by atoms with Gasteiger partial charge in [0.2, 0.25) is 0 Å². The Bertz CT molecular complexity index is 1150. The van der Waals surface area contributed by atoms with Crippen LogP contribution < -0.4 is 5.32 Å². The van der Waals surface area contributed by atoms with Gasteiger partial charge in [0.25, 0.3) is 5.91 Å². The first-order valence-corrected chi connectivity index (χ1v) is 8.77. The van der Waals surface area contributed by atoms with Crippen LogP contribution >= 0.6 is 11.6 Å². The van der Waals surface area contributed by atoms with Crippen molar-refractivity contribution in [2.75, 3.05) is 0 Å². The van der Waals surface area contributed by atoms with Crippen molar-refractivity contribution in [3.8, 4) is 11.3 Å². The summed E-state index contributed by atoms with van der Waals surface area (Å²) >= 11 is 5.92. The molecule has 0 fully saturated rings. The summed E-state index contributed by atoms with van der Waals surface area (Å²) in [6.45, 7) is 3.43. The Morgan fingerprint density at radius 3 is 2.64 bits per heavy atom. The predicted molar refractivity (Wildman–Crippen MR) is 101 cm³/mol. The minimum Gasteiger partial charge on any atom is -0.455 e. The quantitative estimate of drug-likeness (QED) is 0.539. The van der Waals surface area contributed by atoms with E-state index in [0.29, 0.717) is 22.0 Å². The van der Waals surface area contributed by atoms with E-state index in [0.717, 1.165) is 11.6 Å². The Morgan fingerprint density at radius 1 is 1.21 bits per heavy atom. The van der Waals surface area contributed by atoms with Crippen LogP contribution in [0.15, 0.2) is 46.9 Å². The molecule has 4 aromatic rings. The van der Waals surface area contributed by atoms with Crippen LogP contribution in [0, 0.1) is 5.82 Å². The van der Waals surface area contributed by atoms with E-state index in [9.17, 15) is 9.18 Å². The Hall–Kier alpha value is -3.26. The van der Waals surface area contributed by atoms with Gasteiger partial charge in [0, 0.05) is 16.0 Å². The number of amides is 1. The lowest BCUT2D eigenvalue weighted by molar-refractivity contribution is 0.0908. The SMILES string of the molecule is CC(C)(NC(=O)c1cc(F)cc2cc(-c3ccc(Cl)cc3)oc12)c1nn[nH]n1. The number of hydrogen-bond donors (Lipinski definition) is 2. The van der Waals surface area contributed by atoms with Gasteiger partial charge in [-0.2, -0.15) is 5.21 Å². The molecule has 0 atom stereocenters. The van der Waals surface area contributed by atoms with Gasteiger partial charge in [-0.1, -0.05) is 16.8 Å². The number of carbonyl (C=O) groups is 1. The molecule has 0 unspecified atom stereocenters. The number of fused-ring (bicyclic) bond motifs is 1. The minimum absolute atomic E-state index is 0.0757. The molecular formula is C19H15ClFN5O2. The molecule has 0 saturated heterocycles. The monoisotopic (exact) mass is 399 g/mol. The summed E-state index contributed by atoms with van der Waals surface area (Å²) in [5, 5.41) is 17.5. The minimum atomic E-state index is -0.922. The van der Waals surface area contributed by atoms with Crippen LogP contribution in [0.4, 0.5) is 4.39 Å². The van der Waals surface area contributed by atoms with Gasteiger partial charge >= 0.3 is 0 Å². The van der Waals surface area contributed by atoms with E-state index in [2.05, 4.69) is 25.9 Å². The first-order chi connectivity index (χ1) is 13.3. The third-order valence-electron chi connectivity index (χ3n) is 4.28. The molecule has 142 valence electrons. The van der Waals surface area contributed by atoms with Gasteiger partial charge in [0.15, 0.2) is 5.82 Å². The van der Waals surface area contributed by atoms with E-state index in [-0.39, 0.29) is 11.1 Å². The number of nitrogens with zero attached hydrogens (tertiary/aromatic N) is 3. The predicted octanol–water partition coefficient (Wildman–Crippen LogP) is 4.07. The maximum absolute atomic E-state index is 14.1. The molecule has 2 aromatic heterocycles. The Labute approximate surface area is 163 Å². The van der Waals surface area contributed by atoms with Crippen LogP contribution in [0.3, 0.4) is 0 Å². The average Bonchev–Trinajstić information content (AvgIpc) is 3.31. The topological polar surface area (TPSA) is 96.7 Å². The summed E-state index contributed by atoms with van der Waals surface area (Å²) in [6.07, 6.45) is 0. The molecule has 2 aromatic carbocycles. The molecule has 0 aliphatic rings. The van der Waals surface area contributed by atoms with Gasteiger partial charge < -0.3 is 9.73 Å². The number of benzene rings is 2. The first-order valence-electron chi connectivity index (χ1n) is 8.39. The second-order valence-electron chi connectivity index (χ2n) is 6.80. The number of H-pyrrole nitrogens is 1. The van der Waals surface area contributed by atoms with Gasteiger partial charge in [-0.3, -0.25) is 4.79 Å². The van der Waals surface area contributed by atoms with Crippen LogP contribution in [0.5, 0.6) is 0 Å². The Balaban J connectivity index is 1.74. The fourth-order valence-electron chi connectivity index (χ4n) is 2.88. The zero-order valence-corrected chi connectivity index (χ0v) is 15.7. The lowest BCUT2D eigenvalue weighted by atomic mass is 10.0. The standard InChI is InChI=1S/C19H15ClFN5O2/c1-19(2,18-23-25-26-24-18)22-17(27)14-9-13(21)7-11-8-15(28-16(11)14)10-3-5-12(20)6-4-10/h3-9H,1-2H3,(H,22,27)(H,23,24,25,26). The number of aromatic amines is 1. The highest BCUT2D eigenvalue weighted by Gasteiger charge is 2.29. The molecule has 4 rings (SSSR count). The Kier molecular flexibility index (Phi) is 4.35. The summed E-state index contributed by atoms with van der Waals surface area (Å²) < 4.78 is 20.0. The second kappa shape index (κ2) is 6.72. The summed E-state index contributed by atoms with van der Waals surface area (Å²) in [5.74, 6) is -0.256. The van der Waals surface area contributed by atoms with Gasteiger partial charge in [0.05, 0.1) is 11.1 Å². The van der Waals surface area contributed by atoms with E-state index in [1.165, 1.54) is 6.07 Å². The lowest BCUT2D eigenvalue weighted by Crippen LogP contribution is -2.42. The highest BCUT2D eigenvalue weighted by molar-refractivity contribution is 6.30. The van der Waals surface area contributed by atoms with Crippen molar-refractivity contribution in [2.24, 2.45) is 0 Å². The second-order valence-corrected chi connectivity index (χ2v) is 7.24. The largest absolute Gasteiger partial charge is 0.455 e. The molecule has 7 nitrogen and oxygen atoms in total. The third-order valence-corrected chi connectivity index (χ3v) is 4.54. The number of carbonyl (C=O) groups excluding carboxylic acids is 1. The smallest absolute Gasteiger partial charge is 0.255 e. The number of rotatable bonds is 4. The maximum atomic E-state index is 14.1. The molecule has 2 heterocycles. The molecule has 28 heavy (non-hydrogen) atoms. The molecule has 0 radical (unpaired) electrons. The molecule has 9 heteroatoms.